The number of halogens is 3. The van der Waals surface area contributed by atoms with Crippen LogP contribution in [0.1, 0.15) is 61.0 Å². The molecule has 0 unspecified atom stereocenters. The Morgan fingerprint density at radius 3 is 2.81 bits per heavy atom. The Kier molecular flexibility index (Phi) is 5.39. The SMILES string of the molecule is Cc1cn2cc(C3=CCCCc4nc(NCC5CCC(F)(F)CC5)ncc43)cc(F)c2n1. The predicted octanol–water partition coefficient (Wildman–Crippen LogP) is 5.58. The van der Waals surface area contributed by atoms with E-state index in [4.69, 9.17) is 4.98 Å². The lowest BCUT2D eigenvalue weighted by atomic mass is 9.87. The second kappa shape index (κ2) is 8.22. The first kappa shape index (κ1) is 21.0. The molecule has 0 aliphatic heterocycles. The maximum Gasteiger partial charge on any atom is 0.248 e. The highest BCUT2D eigenvalue weighted by molar-refractivity contribution is 5.81. The molecule has 0 bridgehead atoms. The van der Waals surface area contributed by atoms with E-state index in [1.165, 1.54) is 6.07 Å². The third-order valence-corrected chi connectivity index (χ3v) is 6.45. The van der Waals surface area contributed by atoms with Crippen LogP contribution in [0.3, 0.4) is 0 Å². The standard InChI is InChI=1S/C24H26F3N5/c1-15-13-32-14-17(10-20(25)22(32)30-15)18-4-2-3-5-21-19(18)12-29-23(31-21)28-11-16-6-8-24(26,27)9-7-16/h4,10,12-14,16H,2-3,5-9,11H2,1H3,(H,28,29,31). The second-order valence-electron chi connectivity index (χ2n) is 8.93. The molecule has 0 amide bonds. The molecule has 3 aromatic rings. The van der Waals surface area contributed by atoms with E-state index in [9.17, 15) is 13.2 Å². The summed E-state index contributed by atoms with van der Waals surface area (Å²) in [5.74, 6) is -2.15. The van der Waals surface area contributed by atoms with Gasteiger partial charge in [0.2, 0.25) is 11.9 Å². The first-order valence-corrected chi connectivity index (χ1v) is 11.2. The molecule has 5 nitrogen and oxygen atoms in total. The number of imidazole rings is 1. The van der Waals surface area contributed by atoms with Crippen molar-refractivity contribution in [2.45, 2.75) is 57.8 Å². The lowest BCUT2D eigenvalue weighted by Gasteiger charge is -2.28. The predicted molar refractivity (Wildman–Crippen MR) is 117 cm³/mol. The zero-order valence-corrected chi connectivity index (χ0v) is 18.0. The van der Waals surface area contributed by atoms with E-state index >= 15 is 0 Å². The van der Waals surface area contributed by atoms with E-state index in [-0.39, 0.29) is 24.6 Å². The fourth-order valence-electron chi connectivity index (χ4n) is 4.68. The van der Waals surface area contributed by atoms with Crippen LogP contribution >= 0.6 is 0 Å². The Balaban J connectivity index is 1.38. The van der Waals surface area contributed by atoms with Crippen molar-refractivity contribution in [1.82, 2.24) is 19.4 Å². The van der Waals surface area contributed by atoms with Crippen LogP contribution in [0.5, 0.6) is 0 Å². The van der Waals surface area contributed by atoms with Crippen molar-refractivity contribution in [3.8, 4) is 0 Å². The maximum absolute atomic E-state index is 14.7. The van der Waals surface area contributed by atoms with E-state index in [0.29, 0.717) is 31.0 Å². The van der Waals surface area contributed by atoms with Crippen molar-refractivity contribution in [1.29, 1.82) is 0 Å². The first-order valence-electron chi connectivity index (χ1n) is 11.2. The quantitative estimate of drug-likeness (QED) is 0.575. The molecule has 0 radical (unpaired) electrons. The van der Waals surface area contributed by atoms with Gasteiger partial charge >= 0.3 is 0 Å². The zero-order chi connectivity index (χ0) is 22.3. The number of fused-ring (bicyclic) bond motifs is 2. The molecular formula is C24H26F3N5. The first-order chi connectivity index (χ1) is 15.4. The van der Waals surface area contributed by atoms with Gasteiger partial charge in [0.25, 0.3) is 0 Å². The molecule has 0 atom stereocenters. The Labute approximate surface area is 184 Å². The second-order valence-corrected chi connectivity index (χ2v) is 8.93. The average molecular weight is 442 g/mol. The highest BCUT2D eigenvalue weighted by atomic mass is 19.3. The fourth-order valence-corrected chi connectivity index (χ4v) is 4.68. The molecule has 0 aromatic carbocycles. The normalized spacial score (nSPS) is 18.8. The summed E-state index contributed by atoms with van der Waals surface area (Å²) in [6.07, 6.45) is 11.2. The lowest BCUT2D eigenvalue weighted by molar-refractivity contribution is -0.0443. The molecule has 8 heteroatoms. The molecule has 0 spiro atoms. The Bertz CT molecular complexity index is 1170. The molecule has 1 fully saturated rings. The Morgan fingerprint density at radius 2 is 2.00 bits per heavy atom. The fraction of sp³-hybridized carbons (Fsp3) is 0.458. The van der Waals surface area contributed by atoms with Gasteiger partial charge in [-0.1, -0.05) is 6.08 Å². The van der Waals surface area contributed by atoms with Crippen molar-refractivity contribution in [2.75, 3.05) is 11.9 Å². The number of anilines is 1. The number of aromatic nitrogens is 4. The van der Waals surface area contributed by atoms with Crippen LogP contribution in [0.15, 0.2) is 30.7 Å². The van der Waals surface area contributed by atoms with Gasteiger partial charge in [-0.2, -0.15) is 0 Å². The maximum atomic E-state index is 14.7. The molecule has 1 N–H and O–H groups in total. The van der Waals surface area contributed by atoms with Crippen molar-refractivity contribution in [2.24, 2.45) is 5.92 Å². The number of hydrogen-bond acceptors (Lipinski definition) is 4. The van der Waals surface area contributed by atoms with Crippen LogP contribution < -0.4 is 5.32 Å². The highest BCUT2D eigenvalue weighted by Gasteiger charge is 2.34. The van der Waals surface area contributed by atoms with Crippen LogP contribution in [-0.4, -0.2) is 31.8 Å². The van der Waals surface area contributed by atoms with Gasteiger partial charge in [0.15, 0.2) is 11.5 Å². The minimum absolute atomic E-state index is 0.0457. The van der Waals surface area contributed by atoms with Gasteiger partial charge < -0.3 is 9.72 Å². The van der Waals surface area contributed by atoms with Gasteiger partial charge in [-0.25, -0.2) is 28.1 Å². The van der Waals surface area contributed by atoms with Gasteiger partial charge in [0.1, 0.15) is 0 Å². The Morgan fingerprint density at radius 1 is 1.19 bits per heavy atom. The number of nitrogens with one attached hydrogen (secondary N) is 1. The van der Waals surface area contributed by atoms with Crippen LogP contribution in [0.2, 0.25) is 0 Å². The minimum Gasteiger partial charge on any atom is -0.354 e. The molecule has 0 saturated heterocycles. The summed E-state index contributed by atoms with van der Waals surface area (Å²) < 4.78 is 43.2. The number of aryl methyl sites for hydroxylation is 2. The van der Waals surface area contributed by atoms with Gasteiger partial charge in [-0.3, -0.25) is 0 Å². The molecule has 1 saturated carbocycles. The number of pyridine rings is 1. The van der Waals surface area contributed by atoms with E-state index in [1.807, 2.05) is 19.3 Å². The molecule has 3 aromatic heterocycles. The third kappa shape index (κ3) is 4.23. The van der Waals surface area contributed by atoms with Crippen molar-refractivity contribution in [3.63, 3.8) is 0 Å². The van der Waals surface area contributed by atoms with Crippen molar-refractivity contribution in [3.05, 3.63) is 59.1 Å². The third-order valence-electron chi connectivity index (χ3n) is 6.45. The van der Waals surface area contributed by atoms with Crippen LogP contribution in [-0.2, 0) is 6.42 Å². The molecule has 32 heavy (non-hydrogen) atoms. The number of rotatable bonds is 4. The largest absolute Gasteiger partial charge is 0.354 e. The van der Waals surface area contributed by atoms with E-state index in [2.05, 4.69) is 21.4 Å². The summed E-state index contributed by atoms with van der Waals surface area (Å²) in [7, 11) is 0. The van der Waals surface area contributed by atoms with E-state index < -0.39 is 5.92 Å². The monoisotopic (exact) mass is 441 g/mol. The smallest absolute Gasteiger partial charge is 0.248 e. The van der Waals surface area contributed by atoms with Gasteiger partial charge in [0, 0.05) is 49.1 Å². The molecule has 2 aliphatic carbocycles. The number of hydrogen-bond donors (Lipinski definition) is 1. The number of nitrogens with zero attached hydrogens (tertiary/aromatic N) is 4. The van der Waals surface area contributed by atoms with E-state index in [0.717, 1.165) is 47.4 Å². The summed E-state index contributed by atoms with van der Waals surface area (Å²) in [6, 6.07) is 1.52. The minimum atomic E-state index is -2.52. The van der Waals surface area contributed by atoms with Crippen LogP contribution in [0.25, 0.3) is 11.2 Å². The number of allylic oxidation sites excluding steroid dienone is 1. The Hall–Kier alpha value is -2.90. The molecule has 2 aliphatic rings. The zero-order valence-electron chi connectivity index (χ0n) is 18.0. The average Bonchev–Trinajstić information content (AvgIpc) is 3.01. The van der Waals surface area contributed by atoms with Gasteiger partial charge in [-0.15, -0.1) is 0 Å². The van der Waals surface area contributed by atoms with Crippen molar-refractivity contribution < 1.29 is 13.2 Å². The lowest BCUT2D eigenvalue weighted by Crippen LogP contribution is -2.28. The summed E-state index contributed by atoms with van der Waals surface area (Å²) in [5.41, 5.74) is 4.59. The molecule has 3 heterocycles. The topological polar surface area (TPSA) is 55.1 Å². The molecular weight excluding hydrogens is 415 g/mol. The summed E-state index contributed by atoms with van der Waals surface area (Å²) in [6.45, 7) is 2.44. The van der Waals surface area contributed by atoms with Gasteiger partial charge in [-0.05, 0) is 56.6 Å². The van der Waals surface area contributed by atoms with Crippen LogP contribution in [0, 0.1) is 18.7 Å². The molecule has 168 valence electrons. The van der Waals surface area contributed by atoms with Crippen molar-refractivity contribution >= 4 is 17.2 Å². The summed E-state index contributed by atoms with van der Waals surface area (Å²) >= 11 is 0. The van der Waals surface area contributed by atoms with Crippen LogP contribution in [0.4, 0.5) is 19.1 Å². The number of alkyl halides is 2. The van der Waals surface area contributed by atoms with E-state index in [1.54, 1.807) is 10.6 Å². The highest BCUT2D eigenvalue weighted by Crippen LogP contribution is 2.36. The summed E-state index contributed by atoms with van der Waals surface area (Å²) in [5, 5.41) is 3.24. The molecule has 5 rings (SSSR count). The van der Waals surface area contributed by atoms with Gasteiger partial charge in [0.05, 0.1) is 11.4 Å². The summed E-state index contributed by atoms with van der Waals surface area (Å²) in [4.78, 5) is 13.4.